The van der Waals surface area contributed by atoms with Gasteiger partial charge in [0.15, 0.2) is 0 Å². The zero-order chi connectivity index (χ0) is 35.1. The van der Waals surface area contributed by atoms with Crippen LogP contribution < -0.4 is 19.9 Å². The summed E-state index contributed by atoms with van der Waals surface area (Å²) in [6, 6.07) is 36.1. The first kappa shape index (κ1) is 32.8. The molecular formula is C42H33Cl2N3O4. The number of nitrogens with zero attached hydrogens (tertiary/aromatic N) is 2. The number of carbonyl (C=O) groups is 3. The van der Waals surface area contributed by atoms with E-state index in [1.807, 2.05) is 60.7 Å². The number of hydrogen-bond acceptors (Lipinski definition) is 5. The number of halogens is 2. The van der Waals surface area contributed by atoms with E-state index in [1.54, 1.807) is 30.3 Å². The predicted molar refractivity (Wildman–Crippen MR) is 201 cm³/mol. The minimum atomic E-state index is -0.796. The molecule has 3 aliphatic rings. The van der Waals surface area contributed by atoms with E-state index in [4.69, 9.17) is 27.9 Å². The summed E-state index contributed by atoms with van der Waals surface area (Å²) in [7, 11) is 0. The molecule has 3 heterocycles. The van der Waals surface area contributed by atoms with Crippen LogP contribution in [0.15, 0.2) is 121 Å². The second-order valence-electron chi connectivity index (χ2n) is 13.0. The number of rotatable bonds is 7. The third-order valence-electron chi connectivity index (χ3n) is 9.94. The molecule has 5 aromatic rings. The molecule has 5 aromatic carbocycles. The summed E-state index contributed by atoms with van der Waals surface area (Å²) >= 11 is 12.4. The van der Waals surface area contributed by atoms with Crippen molar-refractivity contribution in [2.45, 2.75) is 31.3 Å². The summed E-state index contributed by atoms with van der Waals surface area (Å²) in [5, 5.41) is 3.43. The van der Waals surface area contributed by atoms with Gasteiger partial charge >= 0.3 is 6.03 Å². The van der Waals surface area contributed by atoms with Crippen molar-refractivity contribution in [1.82, 2.24) is 5.32 Å². The highest BCUT2D eigenvalue weighted by molar-refractivity contribution is 6.39. The molecular weight excluding hydrogens is 681 g/mol. The maximum atomic E-state index is 14.4. The Morgan fingerprint density at radius 1 is 0.725 bits per heavy atom. The van der Waals surface area contributed by atoms with Crippen molar-refractivity contribution in [3.63, 3.8) is 0 Å². The SMILES string of the molecule is O=C1NC(=O)N(c2cc3c4c(c2)[C@H](c2ccccc2)CCN4CC[C@H]3c2ccccc2)C(=O)/C1=C/c1cc(Cl)ccc1OCc1ccc(Cl)cc1. The van der Waals surface area contributed by atoms with E-state index in [0.717, 1.165) is 53.2 Å². The molecule has 0 aromatic heterocycles. The number of nitrogens with one attached hydrogen (secondary N) is 1. The van der Waals surface area contributed by atoms with Gasteiger partial charge in [-0.05, 0) is 89.2 Å². The Labute approximate surface area is 306 Å². The molecule has 51 heavy (non-hydrogen) atoms. The van der Waals surface area contributed by atoms with Crippen LogP contribution in [0.25, 0.3) is 6.08 Å². The van der Waals surface area contributed by atoms with Crippen molar-refractivity contribution in [2.24, 2.45) is 0 Å². The van der Waals surface area contributed by atoms with E-state index < -0.39 is 17.8 Å². The molecule has 3 aliphatic heterocycles. The first-order chi connectivity index (χ1) is 24.8. The maximum Gasteiger partial charge on any atom is 0.335 e. The van der Waals surface area contributed by atoms with E-state index in [2.05, 4.69) is 34.5 Å². The summed E-state index contributed by atoms with van der Waals surface area (Å²) in [6.07, 6.45) is 3.23. The van der Waals surface area contributed by atoms with Gasteiger partial charge in [-0.3, -0.25) is 14.9 Å². The van der Waals surface area contributed by atoms with Crippen LogP contribution in [0.4, 0.5) is 16.2 Å². The molecule has 0 radical (unpaired) electrons. The van der Waals surface area contributed by atoms with Gasteiger partial charge in [-0.15, -0.1) is 0 Å². The summed E-state index contributed by atoms with van der Waals surface area (Å²) < 4.78 is 6.10. The summed E-state index contributed by atoms with van der Waals surface area (Å²) in [5.74, 6) is -0.968. The van der Waals surface area contributed by atoms with Crippen molar-refractivity contribution in [3.05, 3.63) is 164 Å². The standard InChI is InChI=1S/C42H33Cl2N3O4/c43-30-13-11-26(12-14-30)25-51-38-16-15-31(44)21-29(38)22-37-40(48)45-42(50)47(41(37)49)32-23-35-33(27-7-3-1-4-8-27)17-19-46-20-18-34(36(24-32)39(35)46)28-9-5-2-6-10-28/h1-16,21-24,33-34H,17-20,25H2,(H,45,48,50)/b37-22+/t33-,34-/m0/s1. The summed E-state index contributed by atoms with van der Waals surface area (Å²) in [4.78, 5) is 44.9. The van der Waals surface area contributed by atoms with Gasteiger partial charge in [-0.1, -0.05) is 96.0 Å². The lowest BCUT2D eigenvalue weighted by molar-refractivity contribution is -0.122. The van der Waals surface area contributed by atoms with Gasteiger partial charge in [0.25, 0.3) is 11.8 Å². The summed E-state index contributed by atoms with van der Waals surface area (Å²) in [6.45, 7) is 2.04. The molecule has 254 valence electrons. The lowest BCUT2D eigenvalue weighted by atomic mass is 9.76. The number of carbonyl (C=O) groups excluding carboxylic acids is 3. The van der Waals surface area contributed by atoms with Crippen LogP contribution in [0.3, 0.4) is 0 Å². The van der Waals surface area contributed by atoms with Crippen molar-refractivity contribution in [3.8, 4) is 5.75 Å². The highest BCUT2D eigenvalue weighted by atomic mass is 35.5. The number of imide groups is 2. The predicted octanol–water partition coefficient (Wildman–Crippen LogP) is 9.12. The fourth-order valence-electron chi connectivity index (χ4n) is 7.52. The van der Waals surface area contributed by atoms with Gasteiger partial charge in [-0.25, -0.2) is 9.69 Å². The number of barbiturate groups is 1. The molecule has 7 nitrogen and oxygen atoms in total. The van der Waals surface area contributed by atoms with Gasteiger partial charge in [0, 0.05) is 46.2 Å². The molecule has 2 atom stereocenters. The second-order valence-corrected chi connectivity index (χ2v) is 13.9. The number of amides is 4. The Morgan fingerprint density at radius 2 is 1.31 bits per heavy atom. The molecule has 8 rings (SSSR count). The third kappa shape index (κ3) is 6.39. The van der Waals surface area contributed by atoms with Crippen LogP contribution in [0.1, 0.15) is 58.1 Å². The Kier molecular flexibility index (Phi) is 8.84. The maximum absolute atomic E-state index is 14.4. The van der Waals surface area contributed by atoms with E-state index >= 15 is 0 Å². The Morgan fingerprint density at radius 3 is 1.92 bits per heavy atom. The molecule has 0 saturated carbocycles. The molecule has 0 bridgehead atoms. The molecule has 0 aliphatic carbocycles. The Hall–Kier alpha value is -5.37. The number of hydrogen-bond donors (Lipinski definition) is 1. The molecule has 0 spiro atoms. The van der Waals surface area contributed by atoms with Crippen LogP contribution in [-0.4, -0.2) is 30.9 Å². The fraction of sp³-hybridized carbons (Fsp3) is 0.167. The molecule has 4 amide bonds. The molecule has 9 heteroatoms. The van der Waals surface area contributed by atoms with Gasteiger partial charge < -0.3 is 9.64 Å². The second kappa shape index (κ2) is 13.7. The minimum Gasteiger partial charge on any atom is -0.488 e. The molecule has 0 unspecified atom stereocenters. The van der Waals surface area contributed by atoms with Gasteiger partial charge in [-0.2, -0.15) is 0 Å². The first-order valence-corrected chi connectivity index (χ1v) is 17.7. The smallest absolute Gasteiger partial charge is 0.335 e. The molecule has 1 fully saturated rings. The summed E-state index contributed by atoms with van der Waals surface area (Å²) in [5.41, 5.74) is 7.17. The number of anilines is 2. The van der Waals surface area contributed by atoms with Gasteiger partial charge in [0.2, 0.25) is 0 Å². The normalized spacial score (nSPS) is 19.2. The van der Waals surface area contributed by atoms with Gasteiger partial charge in [0.1, 0.15) is 17.9 Å². The number of urea groups is 1. The Bertz CT molecular complexity index is 2120. The van der Waals surface area contributed by atoms with Gasteiger partial charge in [0.05, 0.1) is 5.69 Å². The van der Waals surface area contributed by atoms with Crippen LogP contribution in [0.5, 0.6) is 5.75 Å². The van der Waals surface area contributed by atoms with E-state index in [1.165, 1.54) is 17.2 Å². The highest BCUT2D eigenvalue weighted by Crippen LogP contribution is 2.50. The zero-order valence-corrected chi connectivity index (χ0v) is 29.0. The van der Waals surface area contributed by atoms with Crippen LogP contribution in [0.2, 0.25) is 10.0 Å². The molecule has 1 saturated heterocycles. The van der Waals surface area contributed by atoms with E-state index in [9.17, 15) is 14.4 Å². The topological polar surface area (TPSA) is 79.0 Å². The largest absolute Gasteiger partial charge is 0.488 e. The fourth-order valence-corrected chi connectivity index (χ4v) is 7.83. The average molecular weight is 715 g/mol. The lowest BCUT2D eigenvalue weighted by Crippen LogP contribution is -2.54. The van der Waals surface area contributed by atoms with Crippen LogP contribution in [-0.2, 0) is 16.2 Å². The third-order valence-corrected chi connectivity index (χ3v) is 10.4. The van der Waals surface area contributed by atoms with Crippen molar-refractivity contribution in [2.75, 3.05) is 22.9 Å². The van der Waals surface area contributed by atoms with Crippen molar-refractivity contribution < 1.29 is 19.1 Å². The monoisotopic (exact) mass is 713 g/mol. The van der Waals surface area contributed by atoms with E-state index in [0.29, 0.717) is 27.0 Å². The van der Waals surface area contributed by atoms with Crippen molar-refractivity contribution >= 4 is 58.5 Å². The average Bonchev–Trinajstić information content (AvgIpc) is 3.14. The minimum absolute atomic E-state index is 0.0667. The number of benzene rings is 5. The van der Waals surface area contributed by atoms with Crippen LogP contribution in [0, 0.1) is 0 Å². The number of ether oxygens (including phenoxy) is 1. The first-order valence-electron chi connectivity index (χ1n) is 16.9. The Balaban J connectivity index is 1.21. The van der Waals surface area contributed by atoms with E-state index in [-0.39, 0.29) is 24.0 Å². The van der Waals surface area contributed by atoms with Crippen molar-refractivity contribution in [1.29, 1.82) is 0 Å². The molecule has 1 N–H and O–H groups in total. The highest BCUT2D eigenvalue weighted by Gasteiger charge is 2.40. The van der Waals surface area contributed by atoms with Crippen LogP contribution >= 0.6 is 23.2 Å². The lowest BCUT2D eigenvalue weighted by Gasteiger charge is -2.44. The quantitative estimate of drug-likeness (QED) is 0.134. The zero-order valence-electron chi connectivity index (χ0n) is 27.5.